The summed E-state index contributed by atoms with van der Waals surface area (Å²) in [5, 5.41) is 0.708. The number of sulfonamides is 1. The van der Waals surface area contributed by atoms with Crippen LogP contribution in [0.4, 0.5) is 5.69 Å². The normalized spacial score (nSPS) is 14.5. The summed E-state index contributed by atoms with van der Waals surface area (Å²) in [5.41, 5.74) is 5.08. The van der Waals surface area contributed by atoms with E-state index in [9.17, 15) is 13.2 Å². The van der Waals surface area contributed by atoms with E-state index in [0.717, 1.165) is 40.9 Å². The Bertz CT molecular complexity index is 1460. The lowest BCUT2D eigenvalue weighted by molar-refractivity contribution is -0.117. The molecular formula is C24H23N5O3S. The molecule has 168 valence electrons. The number of rotatable bonds is 5. The van der Waals surface area contributed by atoms with Crippen LogP contribution in [0.25, 0.3) is 33.3 Å². The SMILES string of the molecule is CN(C)S(=O)(=O)c1cnc2[nH]cc(-c3cncc(-c4ccc(N5CCCC5=O)cc4)c3)c2c1. The Labute approximate surface area is 192 Å². The first kappa shape index (κ1) is 21.3. The molecular weight excluding hydrogens is 438 g/mol. The van der Waals surface area contributed by atoms with Gasteiger partial charge in [-0.1, -0.05) is 12.1 Å². The number of carbonyl (C=O) groups excluding carboxylic acids is 1. The Hall–Kier alpha value is -3.56. The van der Waals surface area contributed by atoms with Gasteiger partial charge in [-0.05, 0) is 36.2 Å². The summed E-state index contributed by atoms with van der Waals surface area (Å²) >= 11 is 0. The monoisotopic (exact) mass is 461 g/mol. The Morgan fingerprint density at radius 1 is 1.00 bits per heavy atom. The van der Waals surface area contributed by atoms with Gasteiger partial charge in [-0.15, -0.1) is 0 Å². The number of benzene rings is 1. The van der Waals surface area contributed by atoms with E-state index in [2.05, 4.69) is 15.0 Å². The van der Waals surface area contributed by atoms with Crippen LogP contribution in [0, 0.1) is 0 Å². The van der Waals surface area contributed by atoms with Gasteiger partial charge in [0.2, 0.25) is 15.9 Å². The Morgan fingerprint density at radius 3 is 2.45 bits per heavy atom. The van der Waals surface area contributed by atoms with E-state index >= 15 is 0 Å². The quantitative estimate of drug-likeness (QED) is 0.489. The molecule has 3 aromatic heterocycles. The first-order chi connectivity index (χ1) is 15.8. The van der Waals surface area contributed by atoms with Gasteiger partial charge in [0, 0.05) is 79.6 Å². The number of nitrogens with one attached hydrogen (secondary N) is 1. The highest BCUT2D eigenvalue weighted by Crippen LogP contribution is 2.32. The molecule has 9 heteroatoms. The van der Waals surface area contributed by atoms with Gasteiger partial charge in [0.1, 0.15) is 10.5 Å². The minimum absolute atomic E-state index is 0.136. The van der Waals surface area contributed by atoms with E-state index in [1.54, 1.807) is 18.5 Å². The van der Waals surface area contributed by atoms with Gasteiger partial charge in [0.05, 0.1) is 0 Å². The summed E-state index contributed by atoms with van der Waals surface area (Å²) in [6.45, 7) is 0.759. The number of nitrogens with zero attached hydrogens (tertiary/aromatic N) is 4. The number of aromatic nitrogens is 3. The van der Waals surface area contributed by atoms with Gasteiger partial charge >= 0.3 is 0 Å². The highest BCUT2D eigenvalue weighted by atomic mass is 32.2. The highest BCUT2D eigenvalue weighted by Gasteiger charge is 2.22. The highest BCUT2D eigenvalue weighted by molar-refractivity contribution is 7.89. The molecule has 4 heterocycles. The Morgan fingerprint density at radius 2 is 1.76 bits per heavy atom. The molecule has 1 saturated heterocycles. The third-order valence-electron chi connectivity index (χ3n) is 5.92. The molecule has 1 amide bonds. The number of hydrogen-bond acceptors (Lipinski definition) is 5. The van der Waals surface area contributed by atoms with E-state index in [0.29, 0.717) is 17.5 Å². The van der Waals surface area contributed by atoms with Crippen LogP contribution in [0.5, 0.6) is 0 Å². The van der Waals surface area contributed by atoms with E-state index < -0.39 is 10.0 Å². The average Bonchev–Trinajstić information content (AvgIpc) is 3.45. The number of anilines is 1. The minimum atomic E-state index is -3.60. The Balaban J connectivity index is 1.51. The second kappa shape index (κ2) is 8.09. The second-order valence-corrected chi connectivity index (χ2v) is 10.4. The van der Waals surface area contributed by atoms with Crippen LogP contribution in [0.3, 0.4) is 0 Å². The molecule has 0 atom stereocenters. The van der Waals surface area contributed by atoms with E-state index in [-0.39, 0.29) is 10.8 Å². The number of pyridine rings is 2. The molecule has 33 heavy (non-hydrogen) atoms. The van der Waals surface area contributed by atoms with Crippen LogP contribution in [0.2, 0.25) is 0 Å². The summed E-state index contributed by atoms with van der Waals surface area (Å²) in [7, 11) is -0.606. The van der Waals surface area contributed by atoms with Crippen molar-refractivity contribution < 1.29 is 13.2 Å². The Kier molecular flexibility index (Phi) is 5.22. The molecule has 0 unspecified atom stereocenters. The van der Waals surface area contributed by atoms with Crippen LogP contribution in [-0.4, -0.2) is 54.2 Å². The first-order valence-corrected chi connectivity index (χ1v) is 12.0. The zero-order valence-electron chi connectivity index (χ0n) is 18.3. The van der Waals surface area contributed by atoms with E-state index in [1.165, 1.54) is 24.6 Å². The average molecular weight is 462 g/mol. The van der Waals surface area contributed by atoms with Gasteiger partial charge in [0.15, 0.2) is 0 Å². The number of hydrogen-bond donors (Lipinski definition) is 1. The van der Waals surface area contributed by atoms with Crippen molar-refractivity contribution in [1.82, 2.24) is 19.3 Å². The lowest BCUT2D eigenvalue weighted by atomic mass is 10.0. The van der Waals surface area contributed by atoms with E-state index in [4.69, 9.17) is 0 Å². The maximum atomic E-state index is 12.6. The molecule has 0 saturated carbocycles. The predicted octanol–water partition coefficient (Wildman–Crippen LogP) is 3.67. The molecule has 4 aromatic rings. The number of H-pyrrole nitrogens is 1. The smallest absolute Gasteiger partial charge is 0.244 e. The zero-order valence-corrected chi connectivity index (χ0v) is 19.1. The molecule has 1 aromatic carbocycles. The fraction of sp³-hybridized carbons (Fsp3) is 0.208. The van der Waals surface area contributed by atoms with Crippen LogP contribution < -0.4 is 4.90 Å². The number of fused-ring (bicyclic) bond motifs is 1. The molecule has 1 aliphatic heterocycles. The molecule has 1 fully saturated rings. The summed E-state index contributed by atoms with van der Waals surface area (Å²) in [6, 6.07) is 11.5. The molecule has 0 aliphatic carbocycles. The van der Waals surface area contributed by atoms with Crippen molar-refractivity contribution in [3.63, 3.8) is 0 Å². The molecule has 8 nitrogen and oxygen atoms in total. The molecule has 0 radical (unpaired) electrons. The molecule has 1 N–H and O–H groups in total. The van der Waals surface area contributed by atoms with Crippen LogP contribution in [0.15, 0.2) is 66.1 Å². The predicted molar refractivity (Wildman–Crippen MR) is 127 cm³/mol. The summed E-state index contributed by atoms with van der Waals surface area (Å²) in [4.78, 5) is 25.8. The number of carbonyl (C=O) groups is 1. The summed E-state index contributed by atoms with van der Waals surface area (Å²) in [5.74, 6) is 0.162. The van der Waals surface area contributed by atoms with Crippen molar-refractivity contribution in [3.05, 3.63) is 61.2 Å². The van der Waals surface area contributed by atoms with E-state index in [1.807, 2.05) is 41.4 Å². The maximum absolute atomic E-state index is 12.6. The van der Waals surface area contributed by atoms with Crippen molar-refractivity contribution in [2.75, 3.05) is 25.5 Å². The van der Waals surface area contributed by atoms with Crippen molar-refractivity contribution in [2.45, 2.75) is 17.7 Å². The fourth-order valence-electron chi connectivity index (χ4n) is 4.07. The van der Waals surface area contributed by atoms with Gasteiger partial charge in [-0.2, -0.15) is 0 Å². The largest absolute Gasteiger partial charge is 0.346 e. The lowest BCUT2D eigenvalue weighted by Crippen LogP contribution is -2.23. The second-order valence-electron chi connectivity index (χ2n) is 8.22. The van der Waals surface area contributed by atoms with Gasteiger partial charge in [-0.3, -0.25) is 9.78 Å². The summed E-state index contributed by atoms with van der Waals surface area (Å²) in [6.07, 6.45) is 8.20. The van der Waals surface area contributed by atoms with Gasteiger partial charge < -0.3 is 9.88 Å². The van der Waals surface area contributed by atoms with Crippen molar-refractivity contribution in [2.24, 2.45) is 0 Å². The minimum Gasteiger partial charge on any atom is -0.346 e. The van der Waals surface area contributed by atoms with Gasteiger partial charge in [-0.25, -0.2) is 17.7 Å². The molecule has 5 rings (SSSR count). The molecule has 0 spiro atoms. The summed E-state index contributed by atoms with van der Waals surface area (Å²) < 4.78 is 26.3. The standard InChI is InChI=1S/C24H23N5O3S/c1-28(2)33(31,32)20-11-21-22(15-27-24(21)26-14-20)18-10-17(12-25-13-18)16-5-7-19(8-6-16)29-9-3-4-23(29)30/h5-8,10-15H,3-4,9H2,1-2H3,(H,26,27). The number of aromatic amines is 1. The lowest BCUT2D eigenvalue weighted by Gasteiger charge is -2.16. The third-order valence-corrected chi connectivity index (χ3v) is 7.70. The fourth-order valence-corrected chi connectivity index (χ4v) is 4.95. The first-order valence-electron chi connectivity index (χ1n) is 10.6. The number of amides is 1. The molecule has 1 aliphatic rings. The topological polar surface area (TPSA) is 99.3 Å². The van der Waals surface area contributed by atoms with Crippen LogP contribution >= 0.6 is 0 Å². The van der Waals surface area contributed by atoms with Gasteiger partial charge in [0.25, 0.3) is 0 Å². The third kappa shape index (κ3) is 3.79. The van der Waals surface area contributed by atoms with Crippen LogP contribution in [0.1, 0.15) is 12.8 Å². The zero-order chi connectivity index (χ0) is 23.2. The van der Waals surface area contributed by atoms with Crippen molar-refractivity contribution in [3.8, 4) is 22.3 Å². The maximum Gasteiger partial charge on any atom is 0.244 e. The van der Waals surface area contributed by atoms with Crippen LogP contribution in [-0.2, 0) is 14.8 Å². The van der Waals surface area contributed by atoms with Crippen molar-refractivity contribution >= 4 is 32.7 Å². The molecule has 0 bridgehead atoms. The van der Waals surface area contributed by atoms with Crippen molar-refractivity contribution in [1.29, 1.82) is 0 Å².